The molecule has 1 fully saturated rings. The van der Waals surface area contributed by atoms with Crippen LogP contribution in [-0.4, -0.2) is 12.8 Å². The van der Waals surface area contributed by atoms with Crippen molar-refractivity contribution >= 4 is 11.5 Å². The molecule has 1 aromatic carbocycles. The number of hydrogen-bond acceptors (Lipinski definition) is 2. The molecule has 2 nitrogen and oxygen atoms in total. The van der Waals surface area contributed by atoms with E-state index in [0.29, 0.717) is 11.7 Å². The largest absolute Gasteiger partial charge is 0.351 e. The van der Waals surface area contributed by atoms with Crippen molar-refractivity contribution in [1.82, 2.24) is 0 Å². The number of ketones is 1. The Hall–Kier alpha value is -1.57. The predicted octanol–water partition coefficient (Wildman–Crippen LogP) is 3.10. The molecule has 0 N–H and O–H groups in total. The Bertz CT molecular complexity index is 397. The molecule has 0 unspecified atom stereocenters. The maximum atomic E-state index is 10.9. The monoisotopic (exact) mass is 215 g/mol. The Morgan fingerprint density at radius 1 is 1.25 bits per heavy atom. The molecule has 1 saturated carbocycles. The molecule has 0 saturated heterocycles. The fourth-order valence-electron chi connectivity index (χ4n) is 2.02. The van der Waals surface area contributed by atoms with Crippen molar-refractivity contribution in [3.63, 3.8) is 0 Å². The Morgan fingerprint density at radius 2 is 1.88 bits per heavy atom. The van der Waals surface area contributed by atoms with Gasteiger partial charge in [-0.3, -0.25) is 4.79 Å². The summed E-state index contributed by atoms with van der Waals surface area (Å²) < 4.78 is 0. The van der Waals surface area contributed by atoms with Gasteiger partial charge in [0, 0.05) is 25.6 Å². The molecule has 0 amide bonds. The molecule has 0 heterocycles. The summed E-state index contributed by atoms with van der Waals surface area (Å²) in [5.41, 5.74) is 2.46. The lowest BCUT2D eigenvalue weighted by Crippen LogP contribution is -2.21. The summed E-state index contributed by atoms with van der Waals surface area (Å²) in [4.78, 5) is 13.0. The van der Waals surface area contributed by atoms with Gasteiger partial charge in [0.1, 0.15) is 5.78 Å². The van der Waals surface area contributed by atoms with E-state index in [0.717, 1.165) is 12.8 Å². The number of Topliss-reactive ketones (excluding diaryl/α,β-unsaturated/α-hetero) is 1. The van der Waals surface area contributed by atoms with Crippen LogP contribution in [0.2, 0.25) is 0 Å². The van der Waals surface area contributed by atoms with E-state index in [-0.39, 0.29) is 0 Å². The van der Waals surface area contributed by atoms with E-state index in [1.165, 1.54) is 11.3 Å². The van der Waals surface area contributed by atoms with Crippen LogP contribution in [0.3, 0.4) is 0 Å². The molecule has 0 aliphatic heterocycles. The zero-order valence-electron chi connectivity index (χ0n) is 9.81. The summed E-state index contributed by atoms with van der Waals surface area (Å²) in [6.07, 6.45) is 5.49. The van der Waals surface area contributed by atoms with E-state index in [1.807, 2.05) is 26.2 Å². The molecule has 2 heteroatoms. The zero-order valence-corrected chi connectivity index (χ0v) is 9.81. The van der Waals surface area contributed by atoms with Gasteiger partial charge in [-0.15, -0.1) is 0 Å². The number of rotatable bonds is 3. The highest BCUT2D eigenvalue weighted by Crippen LogP contribution is 2.34. The van der Waals surface area contributed by atoms with Gasteiger partial charge in [-0.25, -0.2) is 0 Å². The van der Waals surface area contributed by atoms with Gasteiger partial charge >= 0.3 is 0 Å². The van der Waals surface area contributed by atoms with Crippen molar-refractivity contribution < 1.29 is 4.79 Å². The molecule has 1 aromatic rings. The number of carbonyl (C=O) groups is 1. The maximum Gasteiger partial charge on any atom is 0.134 e. The highest BCUT2D eigenvalue weighted by atomic mass is 16.1. The van der Waals surface area contributed by atoms with Gasteiger partial charge in [-0.1, -0.05) is 18.2 Å². The van der Waals surface area contributed by atoms with E-state index < -0.39 is 0 Å². The van der Waals surface area contributed by atoms with E-state index in [2.05, 4.69) is 29.2 Å². The molecule has 0 radical (unpaired) electrons. The van der Waals surface area contributed by atoms with Crippen LogP contribution >= 0.6 is 0 Å². The van der Waals surface area contributed by atoms with Crippen LogP contribution in [0.4, 0.5) is 5.69 Å². The molecule has 0 atom stereocenters. The zero-order chi connectivity index (χ0) is 11.5. The number of anilines is 1. The number of nitrogens with zero attached hydrogens (tertiary/aromatic N) is 1. The first-order valence-corrected chi connectivity index (χ1v) is 5.68. The maximum absolute atomic E-state index is 10.9. The minimum atomic E-state index is 0.389. The summed E-state index contributed by atoms with van der Waals surface area (Å²) in [7, 11) is 2.03. The van der Waals surface area contributed by atoms with Gasteiger partial charge < -0.3 is 4.90 Å². The molecule has 0 spiro atoms. The van der Waals surface area contributed by atoms with Crippen molar-refractivity contribution in [3.05, 3.63) is 42.1 Å². The van der Waals surface area contributed by atoms with Crippen LogP contribution in [0.5, 0.6) is 0 Å². The van der Waals surface area contributed by atoms with E-state index in [4.69, 9.17) is 0 Å². The second-order valence-electron chi connectivity index (χ2n) is 4.33. The summed E-state index contributed by atoms with van der Waals surface area (Å²) in [5, 5.41) is 0. The van der Waals surface area contributed by atoms with Crippen LogP contribution in [-0.2, 0) is 4.79 Å². The van der Waals surface area contributed by atoms with E-state index in [1.54, 1.807) is 0 Å². The molecule has 0 bridgehead atoms. The molecule has 1 aliphatic rings. The van der Waals surface area contributed by atoms with Gasteiger partial charge in [0.25, 0.3) is 0 Å². The third kappa shape index (κ3) is 2.16. The molecular formula is C14H17NO. The lowest BCUT2D eigenvalue weighted by molar-refractivity contribution is -0.124. The third-order valence-corrected chi connectivity index (χ3v) is 3.09. The van der Waals surface area contributed by atoms with Crippen LogP contribution in [0, 0.1) is 0 Å². The molecule has 0 aromatic heterocycles. The second kappa shape index (κ2) is 4.52. The molecule has 2 rings (SSSR count). The van der Waals surface area contributed by atoms with Crippen LogP contribution in [0.15, 0.2) is 36.5 Å². The van der Waals surface area contributed by atoms with Gasteiger partial charge in [0.15, 0.2) is 0 Å². The predicted molar refractivity (Wildman–Crippen MR) is 66.6 cm³/mol. The summed E-state index contributed by atoms with van der Waals surface area (Å²) >= 11 is 0. The van der Waals surface area contributed by atoms with Crippen molar-refractivity contribution in [3.8, 4) is 0 Å². The molecule has 1 aliphatic carbocycles. The minimum Gasteiger partial charge on any atom is -0.351 e. The fourth-order valence-corrected chi connectivity index (χ4v) is 2.02. The first-order chi connectivity index (χ1) is 7.70. The number of allylic oxidation sites excluding steroid dienone is 1. The first-order valence-electron chi connectivity index (χ1n) is 5.68. The smallest absolute Gasteiger partial charge is 0.134 e. The SMILES string of the molecule is C/C=C\N(C)c1ccc(C2CC(=O)C2)cc1. The summed E-state index contributed by atoms with van der Waals surface area (Å²) in [6, 6.07) is 8.48. The standard InChI is InChI=1S/C14H17NO/c1-3-8-15(2)13-6-4-11(5-7-13)12-9-14(16)10-12/h3-8,12H,9-10H2,1-2H3/b8-3-. The van der Waals surface area contributed by atoms with Crippen molar-refractivity contribution in [2.75, 3.05) is 11.9 Å². The van der Waals surface area contributed by atoms with Crippen LogP contribution < -0.4 is 4.90 Å². The fraction of sp³-hybridized carbons (Fsp3) is 0.357. The average Bonchev–Trinajstić information content (AvgIpc) is 2.25. The first kappa shape index (κ1) is 10.9. The molecular weight excluding hydrogens is 198 g/mol. The van der Waals surface area contributed by atoms with Gasteiger partial charge in [-0.05, 0) is 36.7 Å². The Labute approximate surface area is 96.6 Å². The van der Waals surface area contributed by atoms with Gasteiger partial charge in [0.2, 0.25) is 0 Å². The quantitative estimate of drug-likeness (QED) is 0.772. The Balaban J connectivity index is 2.07. The normalized spacial score (nSPS) is 16.5. The third-order valence-electron chi connectivity index (χ3n) is 3.09. The van der Waals surface area contributed by atoms with E-state index in [9.17, 15) is 4.79 Å². The lowest BCUT2D eigenvalue weighted by atomic mass is 9.79. The van der Waals surface area contributed by atoms with Crippen molar-refractivity contribution in [2.45, 2.75) is 25.7 Å². The number of benzene rings is 1. The topological polar surface area (TPSA) is 20.3 Å². The Morgan fingerprint density at radius 3 is 2.38 bits per heavy atom. The van der Waals surface area contributed by atoms with Crippen LogP contribution in [0.1, 0.15) is 31.2 Å². The van der Waals surface area contributed by atoms with E-state index >= 15 is 0 Å². The minimum absolute atomic E-state index is 0.389. The average molecular weight is 215 g/mol. The number of hydrogen-bond donors (Lipinski definition) is 0. The van der Waals surface area contributed by atoms with Crippen molar-refractivity contribution in [1.29, 1.82) is 0 Å². The Kier molecular flexibility index (Phi) is 3.09. The highest BCUT2D eigenvalue weighted by molar-refractivity contribution is 5.86. The second-order valence-corrected chi connectivity index (χ2v) is 4.33. The van der Waals surface area contributed by atoms with Gasteiger partial charge in [0.05, 0.1) is 0 Å². The number of carbonyl (C=O) groups excluding carboxylic acids is 1. The summed E-state index contributed by atoms with van der Waals surface area (Å²) in [6.45, 7) is 2.00. The summed E-state index contributed by atoms with van der Waals surface area (Å²) in [5.74, 6) is 0.855. The van der Waals surface area contributed by atoms with Crippen molar-refractivity contribution in [2.24, 2.45) is 0 Å². The molecule has 16 heavy (non-hydrogen) atoms. The van der Waals surface area contributed by atoms with Gasteiger partial charge in [-0.2, -0.15) is 0 Å². The highest BCUT2D eigenvalue weighted by Gasteiger charge is 2.27. The lowest BCUT2D eigenvalue weighted by Gasteiger charge is -2.25. The molecule has 84 valence electrons. The van der Waals surface area contributed by atoms with Crippen LogP contribution in [0.25, 0.3) is 0 Å².